The number of amides is 2. The molecule has 0 unspecified atom stereocenters. The van der Waals surface area contributed by atoms with Crippen molar-refractivity contribution in [2.75, 3.05) is 13.2 Å². The first-order valence-electron chi connectivity index (χ1n) is 13.4. The van der Waals surface area contributed by atoms with Crippen LogP contribution in [0.25, 0.3) is 5.69 Å². The molecule has 1 aliphatic rings. The highest BCUT2D eigenvalue weighted by molar-refractivity contribution is 9.10. The zero-order chi connectivity index (χ0) is 30.0. The number of aliphatic hydroxyl groups is 1. The van der Waals surface area contributed by atoms with Crippen LogP contribution in [0.2, 0.25) is 5.02 Å². The number of nitrogens with zero attached hydrogens (tertiary/aromatic N) is 3. The Morgan fingerprint density at radius 1 is 1.05 bits per heavy atom. The number of halogens is 2. The van der Waals surface area contributed by atoms with Crippen LogP contribution >= 0.6 is 27.5 Å². The summed E-state index contributed by atoms with van der Waals surface area (Å²) in [6.07, 6.45) is 0. The first-order chi connectivity index (χ1) is 20.0. The molecule has 2 amide bonds. The Morgan fingerprint density at radius 2 is 1.76 bits per heavy atom. The van der Waals surface area contributed by atoms with Gasteiger partial charge in [-0.1, -0.05) is 41.9 Å². The van der Waals surface area contributed by atoms with E-state index in [1.165, 1.54) is 4.57 Å². The number of carbonyl (C=O) groups excluding carboxylic acids is 2. The molecule has 0 aliphatic carbocycles. The van der Waals surface area contributed by atoms with Crippen LogP contribution in [0.4, 0.5) is 0 Å². The van der Waals surface area contributed by atoms with Crippen molar-refractivity contribution in [3.05, 3.63) is 115 Å². The van der Waals surface area contributed by atoms with Crippen LogP contribution in [0.3, 0.4) is 0 Å². The molecule has 4 aromatic rings. The smallest absolute Gasteiger partial charge is 0.333 e. The summed E-state index contributed by atoms with van der Waals surface area (Å²) in [4.78, 5) is 42.5. The largest absolute Gasteiger partial charge is 0.491 e. The van der Waals surface area contributed by atoms with Crippen molar-refractivity contribution in [1.29, 1.82) is 0 Å². The lowest BCUT2D eigenvalue weighted by Crippen LogP contribution is -2.41. The average molecular weight is 654 g/mol. The van der Waals surface area contributed by atoms with E-state index < -0.39 is 11.5 Å². The highest BCUT2D eigenvalue weighted by Crippen LogP contribution is 2.26. The maximum Gasteiger partial charge on any atom is 0.333 e. The van der Waals surface area contributed by atoms with E-state index in [1.54, 1.807) is 65.8 Å². The van der Waals surface area contributed by atoms with Crippen molar-refractivity contribution in [2.45, 2.75) is 39.1 Å². The quantitative estimate of drug-likeness (QED) is 0.285. The van der Waals surface area contributed by atoms with Crippen LogP contribution in [-0.2, 0) is 19.6 Å². The lowest BCUT2D eigenvalue weighted by molar-refractivity contribution is 0.0285. The van der Waals surface area contributed by atoms with E-state index in [9.17, 15) is 19.5 Å². The van der Waals surface area contributed by atoms with Gasteiger partial charge in [-0.2, -0.15) is 0 Å². The van der Waals surface area contributed by atoms with Gasteiger partial charge in [-0.25, -0.2) is 4.79 Å². The molecule has 2 heterocycles. The van der Waals surface area contributed by atoms with E-state index in [-0.39, 0.29) is 50.1 Å². The van der Waals surface area contributed by atoms with Crippen molar-refractivity contribution in [3.63, 3.8) is 0 Å². The highest BCUT2D eigenvalue weighted by atomic mass is 79.9. The molecule has 42 heavy (non-hydrogen) atoms. The van der Waals surface area contributed by atoms with Crippen LogP contribution < -0.4 is 15.7 Å². The Labute approximate surface area is 256 Å². The van der Waals surface area contributed by atoms with Crippen LogP contribution in [-0.4, -0.2) is 49.7 Å². The molecule has 218 valence electrons. The maximum absolute atomic E-state index is 13.7. The van der Waals surface area contributed by atoms with Crippen molar-refractivity contribution in [2.24, 2.45) is 0 Å². The fourth-order valence-corrected chi connectivity index (χ4v) is 5.16. The van der Waals surface area contributed by atoms with Gasteiger partial charge in [0.05, 0.1) is 28.5 Å². The Balaban J connectivity index is 1.50. The molecule has 3 aromatic carbocycles. The SMILES string of the molecule is CC(C)(O)COc1ccc(-n2c(C(=O)NCc3ccccc3)c3n(c2=O)CCN(C(=O)c2ccc(Br)c(Cl)c2)C3)cc1. The zero-order valence-electron chi connectivity index (χ0n) is 23.1. The standard InChI is InChI=1S/C31H30BrClN4O5/c1-31(2,41)19-42-23-11-9-22(10-12-23)37-27(28(38)34-17-20-6-4-3-5-7-20)26-18-35(14-15-36(26)30(37)40)29(39)21-8-13-24(32)25(33)16-21/h3-13,16,41H,14-15,17-19H2,1-2H3,(H,34,38). The number of hydrogen-bond donors (Lipinski definition) is 2. The number of carbonyl (C=O) groups is 2. The van der Waals surface area contributed by atoms with Crippen LogP contribution in [0, 0.1) is 0 Å². The summed E-state index contributed by atoms with van der Waals surface area (Å²) in [5.74, 6) is -0.175. The van der Waals surface area contributed by atoms with Gasteiger partial charge in [0.2, 0.25) is 0 Å². The molecule has 0 bridgehead atoms. The van der Waals surface area contributed by atoms with Crippen LogP contribution in [0.5, 0.6) is 5.75 Å². The lowest BCUT2D eigenvalue weighted by atomic mass is 10.1. The summed E-state index contributed by atoms with van der Waals surface area (Å²) in [6, 6.07) is 21.2. The normalized spacial score (nSPS) is 13.0. The number of rotatable bonds is 8. The predicted octanol–water partition coefficient (Wildman–Crippen LogP) is 4.79. The molecule has 0 saturated carbocycles. The van der Waals surface area contributed by atoms with Gasteiger partial charge in [0.25, 0.3) is 11.8 Å². The zero-order valence-corrected chi connectivity index (χ0v) is 25.5. The molecular weight excluding hydrogens is 624 g/mol. The van der Waals surface area contributed by atoms with E-state index >= 15 is 0 Å². The minimum atomic E-state index is -1.01. The summed E-state index contributed by atoms with van der Waals surface area (Å²) in [5, 5.41) is 13.3. The van der Waals surface area contributed by atoms with Crippen molar-refractivity contribution < 1.29 is 19.4 Å². The number of ether oxygens (including phenoxy) is 1. The third kappa shape index (κ3) is 6.46. The Morgan fingerprint density at radius 3 is 2.43 bits per heavy atom. The topological polar surface area (TPSA) is 106 Å². The molecule has 0 spiro atoms. The summed E-state index contributed by atoms with van der Waals surface area (Å²) in [5.41, 5.74) is 1.01. The van der Waals surface area contributed by atoms with Gasteiger partial charge < -0.3 is 20.1 Å². The van der Waals surface area contributed by atoms with Gasteiger partial charge in [0.1, 0.15) is 18.1 Å². The van der Waals surface area contributed by atoms with E-state index in [1.807, 2.05) is 30.3 Å². The van der Waals surface area contributed by atoms with Gasteiger partial charge in [-0.15, -0.1) is 0 Å². The molecule has 0 saturated heterocycles. The third-order valence-electron chi connectivity index (χ3n) is 6.83. The predicted molar refractivity (Wildman–Crippen MR) is 163 cm³/mol. The van der Waals surface area contributed by atoms with Gasteiger partial charge >= 0.3 is 5.69 Å². The summed E-state index contributed by atoms with van der Waals surface area (Å²) in [6.45, 7) is 4.23. The molecule has 2 N–H and O–H groups in total. The van der Waals surface area contributed by atoms with Crippen molar-refractivity contribution in [1.82, 2.24) is 19.4 Å². The van der Waals surface area contributed by atoms with E-state index in [4.69, 9.17) is 16.3 Å². The molecular formula is C31H30BrClN4O5. The van der Waals surface area contributed by atoms with Crippen molar-refractivity contribution in [3.8, 4) is 11.4 Å². The molecule has 5 rings (SSSR count). The lowest BCUT2D eigenvalue weighted by Gasteiger charge is -2.28. The summed E-state index contributed by atoms with van der Waals surface area (Å²) in [7, 11) is 0. The molecule has 0 fully saturated rings. The number of nitrogens with one attached hydrogen (secondary N) is 1. The number of benzene rings is 3. The first kappa shape index (κ1) is 29.6. The summed E-state index contributed by atoms with van der Waals surface area (Å²) < 4.78 is 9.26. The first-order valence-corrected chi connectivity index (χ1v) is 14.6. The Bertz CT molecular complexity index is 1680. The molecule has 9 nitrogen and oxygen atoms in total. The van der Waals surface area contributed by atoms with Gasteiger partial charge in [-0.3, -0.25) is 18.7 Å². The number of hydrogen-bond acceptors (Lipinski definition) is 5. The van der Waals surface area contributed by atoms with Gasteiger partial charge in [0, 0.05) is 29.7 Å². The molecule has 0 atom stereocenters. The average Bonchev–Trinajstić information content (AvgIpc) is 3.27. The monoisotopic (exact) mass is 652 g/mol. The minimum absolute atomic E-state index is 0.0651. The maximum atomic E-state index is 13.7. The fourth-order valence-electron chi connectivity index (χ4n) is 4.73. The molecule has 1 aromatic heterocycles. The van der Waals surface area contributed by atoms with Crippen molar-refractivity contribution >= 4 is 39.3 Å². The van der Waals surface area contributed by atoms with Gasteiger partial charge in [0.15, 0.2) is 0 Å². The van der Waals surface area contributed by atoms with E-state index in [0.29, 0.717) is 32.2 Å². The second-order valence-electron chi connectivity index (χ2n) is 10.7. The highest BCUT2D eigenvalue weighted by Gasteiger charge is 2.32. The van der Waals surface area contributed by atoms with Crippen LogP contribution in [0.1, 0.15) is 46.0 Å². The second-order valence-corrected chi connectivity index (χ2v) is 11.9. The Hall–Kier alpha value is -3.86. The minimum Gasteiger partial charge on any atom is -0.491 e. The number of aromatic nitrogens is 2. The fraction of sp³-hybridized carbons (Fsp3) is 0.258. The van der Waals surface area contributed by atoms with Gasteiger partial charge in [-0.05, 0) is 77.8 Å². The Kier molecular flexibility index (Phi) is 8.58. The molecule has 1 aliphatic heterocycles. The number of fused-ring (bicyclic) bond motifs is 1. The van der Waals surface area contributed by atoms with Crippen LogP contribution in [0.15, 0.2) is 82.1 Å². The number of imidazole rings is 1. The second kappa shape index (κ2) is 12.2. The molecule has 11 heteroatoms. The van der Waals surface area contributed by atoms with E-state index in [2.05, 4.69) is 21.2 Å². The molecule has 0 radical (unpaired) electrons. The third-order valence-corrected chi connectivity index (χ3v) is 8.06. The summed E-state index contributed by atoms with van der Waals surface area (Å²) >= 11 is 9.58. The van der Waals surface area contributed by atoms with E-state index in [0.717, 1.165) is 5.56 Å².